The van der Waals surface area contributed by atoms with E-state index < -0.39 is 279 Å². The van der Waals surface area contributed by atoms with Gasteiger partial charge >= 0.3 is 5.97 Å². The zero-order chi connectivity index (χ0) is 90.2. The van der Waals surface area contributed by atoms with Gasteiger partial charge in [0.1, 0.15) is 120 Å². The van der Waals surface area contributed by atoms with E-state index in [1.807, 2.05) is 24.3 Å². The smallest absolute Gasteiger partial charge is 0.330 e. The molecule has 15 rings (SSSR count). The predicted molar refractivity (Wildman–Crippen MR) is 441 cm³/mol. The van der Waals surface area contributed by atoms with Crippen LogP contribution in [0.2, 0.25) is 15.1 Å². The van der Waals surface area contributed by atoms with Gasteiger partial charge < -0.3 is 153 Å². The van der Waals surface area contributed by atoms with E-state index in [9.17, 15) is 75.7 Å². The van der Waals surface area contributed by atoms with E-state index in [-0.39, 0.29) is 48.5 Å². The monoisotopic (exact) mass is 1810 g/mol. The molecule has 11 bridgehead atoms. The number of benzene rings is 6. The zero-order valence-corrected chi connectivity index (χ0v) is 70.2. The number of carbonyl (C=O) groups is 8. The first-order valence-corrected chi connectivity index (χ1v) is 41.4. The number of hydrogen-bond donors (Lipinski definition) is 22. The van der Waals surface area contributed by atoms with Crippen molar-refractivity contribution in [1.82, 2.24) is 42.5 Å². The van der Waals surface area contributed by atoms with Gasteiger partial charge in [0.25, 0.3) is 0 Å². The van der Waals surface area contributed by atoms with Gasteiger partial charge in [-0.1, -0.05) is 79.0 Å². The third-order valence-electron chi connectivity index (χ3n) is 22.1. The molecular formula is C83H93Cl3N10O28S. The number of thiophene rings is 1. The molecule has 7 aromatic rings. The summed E-state index contributed by atoms with van der Waals surface area (Å²) in [5, 5.41) is 160. The van der Waals surface area contributed by atoms with E-state index in [1.165, 1.54) is 44.4 Å². The zero-order valence-electron chi connectivity index (χ0n) is 67.1. The van der Waals surface area contributed by atoms with Crippen LogP contribution in [0.3, 0.4) is 0 Å². The summed E-state index contributed by atoms with van der Waals surface area (Å²) in [7, 11) is 1.46. The van der Waals surface area contributed by atoms with Crippen LogP contribution in [0.25, 0.3) is 21.6 Å². The molecule has 0 aliphatic carbocycles. The van der Waals surface area contributed by atoms with Crippen LogP contribution >= 0.6 is 46.1 Å². The Morgan fingerprint density at radius 1 is 0.656 bits per heavy atom. The SMILES string of the molecule is CN[C@H](CC(C)C)C(=O)NC1C(=O)N[C@@H](CC(N)=O)C(=O)N[C@H]2C(=O)N[C@H]3C(=O)N[C@H](C(=O)N[C@@H](C(=O)O)c4cc(O)cc(O)c4-c4cc3ccc4O)[C@H](O[C@H]3C[C@](C)(N)[C@@H](O)[C@H](C)O3)c3ccc(c(Cl)c3)Oc3cc2cc(c3O[C@@H]2O[C@H](CO)[C@@H](O[C@@H]3O[C@H](CNCc4ccc(-c5ccc(Cl)cc5)s4)[C@H](O)[C@H](O)[C@H]3O)[C@H](O)[C@H]2O)Oc2ccc(cc2Cl)[C@H]1O. The molecule has 3 saturated heterocycles. The molecule has 7 amide bonds. The highest BCUT2D eigenvalue weighted by Crippen LogP contribution is 2.51. The number of phenols is 3. The maximum absolute atomic E-state index is 16.4. The van der Waals surface area contributed by atoms with Crippen molar-refractivity contribution in [3.05, 3.63) is 163 Å². The third-order valence-corrected chi connectivity index (χ3v) is 24.1. The summed E-state index contributed by atoms with van der Waals surface area (Å²) < 4.78 is 51.3. The van der Waals surface area contributed by atoms with Gasteiger partial charge in [-0.2, -0.15) is 0 Å². The fourth-order valence-electron chi connectivity index (χ4n) is 15.6. The quantitative estimate of drug-likeness (QED) is 0.0519. The van der Waals surface area contributed by atoms with Gasteiger partial charge in [-0.25, -0.2) is 4.79 Å². The summed E-state index contributed by atoms with van der Waals surface area (Å²) in [5.74, 6) is -16.7. The Hall–Kier alpha value is -10.2. The molecule has 0 spiro atoms. The van der Waals surface area contributed by atoms with Crippen LogP contribution in [-0.4, -0.2) is 238 Å². The third kappa shape index (κ3) is 20.3. The number of aliphatic hydroxyl groups is 8. The van der Waals surface area contributed by atoms with Crippen molar-refractivity contribution in [1.29, 1.82) is 0 Å². The molecule has 8 aliphatic rings. The van der Waals surface area contributed by atoms with Crippen LogP contribution in [0.1, 0.15) is 110 Å². The van der Waals surface area contributed by atoms with Crippen molar-refractivity contribution in [3.8, 4) is 67.6 Å². The Labute approximate surface area is 731 Å². The number of nitrogens with two attached hydrogens (primary N) is 2. The topological polar surface area (TPSA) is 601 Å². The van der Waals surface area contributed by atoms with Crippen LogP contribution < -0.4 is 68.2 Å². The molecule has 1 aromatic heterocycles. The van der Waals surface area contributed by atoms with E-state index in [0.29, 0.717) is 5.02 Å². The van der Waals surface area contributed by atoms with Crippen molar-refractivity contribution < 1.29 is 138 Å². The van der Waals surface area contributed by atoms with Crippen molar-refractivity contribution in [2.75, 3.05) is 20.2 Å². The molecule has 0 radical (unpaired) electrons. The highest BCUT2D eigenvalue weighted by molar-refractivity contribution is 7.15. The van der Waals surface area contributed by atoms with E-state index in [2.05, 4.69) is 42.5 Å². The van der Waals surface area contributed by atoms with E-state index >= 15 is 24.0 Å². The molecule has 3 fully saturated rings. The van der Waals surface area contributed by atoms with Crippen LogP contribution in [0.15, 0.2) is 115 Å². The number of likely N-dealkylation sites (N-methyl/N-ethyl adjacent to an activating group) is 1. The van der Waals surface area contributed by atoms with Gasteiger partial charge in [0.15, 0.2) is 30.1 Å². The van der Waals surface area contributed by atoms with Gasteiger partial charge in [0.05, 0.1) is 41.3 Å². The molecule has 670 valence electrons. The average Bonchev–Trinajstić information content (AvgIpc) is 1.12. The molecule has 38 nitrogen and oxygen atoms in total. The predicted octanol–water partition coefficient (Wildman–Crippen LogP) is 2.11. The number of primary amides is 1. The number of nitrogens with one attached hydrogen (secondary N) is 8. The number of fused-ring (bicyclic) bond motifs is 15. The van der Waals surface area contributed by atoms with Gasteiger partial charge in [-0.3, -0.25) is 33.6 Å². The van der Waals surface area contributed by atoms with Gasteiger partial charge in [-0.15, -0.1) is 11.3 Å². The number of phenolic OH excluding ortho intramolecular Hbond substituents is 3. The first kappa shape index (κ1) is 92.5. The number of aliphatic carboxylic acids is 1. The summed E-state index contributed by atoms with van der Waals surface area (Å²) in [6.45, 7) is 5.50. The van der Waals surface area contributed by atoms with Gasteiger partial charge in [0.2, 0.25) is 53.4 Å². The average molecular weight is 1820 g/mol. The second-order valence-corrected chi connectivity index (χ2v) is 34.2. The molecule has 9 heterocycles. The number of rotatable bonds is 20. The Kier molecular flexibility index (Phi) is 28.5. The first-order chi connectivity index (χ1) is 59.3. The lowest BCUT2D eigenvalue weighted by Gasteiger charge is -2.46. The molecule has 6 aromatic carbocycles. The Bertz CT molecular complexity index is 5230. The normalized spacial score (nSPS) is 29.8. The van der Waals surface area contributed by atoms with Gasteiger partial charge in [0, 0.05) is 62.6 Å². The van der Waals surface area contributed by atoms with Crippen molar-refractivity contribution in [3.63, 3.8) is 0 Å². The van der Waals surface area contributed by atoms with Crippen molar-refractivity contribution in [2.45, 2.75) is 193 Å². The second-order valence-electron chi connectivity index (χ2n) is 31.7. The maximum atomic E-state index is 16.4. The Morgan fingerprint density at radius 2 is 1.29 bits per heavy atom. The number of amides is 7. The molecule has 8 aliphatic heterocycles. The molecule has 24 N–H and O–H groups in total. The lowest BCUT2D eigenvalue weighted by molar-refractivity contribution is -0.350. The fraction of sp³-hybridized carbons (Fsp3) is 0.422. The van der Waals surface area contributed by atoms with Crippen LogP contribution in [0, 0.1) is 5.92 Å². The van der Waals surface area contributed by atoms with E-state index in [0.717, 1.165) is 82.0 Å². The largest absolute Gasteiger partial charge is 0.508 e. The molecule has 23 atom stereocenters. The minimum atomic E-state index is -2.42. The summed E-state index contributed by atoms with van der Waals surface area (Å²) in [4.78, 5) is 122. The highest BCUT2D eigenvalue weighted by atomic mass is 35.5. The number of carbonyl (C=O) groups excluding carboxylic acids is 7. The number of aromatic hydroxyl groups is 3. The number of hydrogen-bond acceptors (Lipinski definition) is 31. The number of carboxylic acids is 1. The molecule has 125 heavy (non-hydrogen) atoms. The van der Waals surface area contributed by atoms with E-state index in [4.69, 9.17) is 84.2 Å². The van der Waals surface area contributed by atoms with E-state index in [1.54, 1.807) is 26.0 Å². The summed E-state index contributed by atoms with van der Waals surface area (Å²) >= 11 is 22.1. The number of aliphatic hydroxyl groups excluding tert-OH is 8. The second kappa shape index (κ2) is 38.6. The molecule has 1 unspecified atom stereocenters. The minimum absolute atomic E-state index is 0.129. The number of ether oxygens (including phenoxy) is 8. The highest BCUT2D eigenvalue weighted by Gasteiger charge is 2.53. The lowest BCUT2D eigenvalue weighted by atomic mass is 9.86. The summed E-state index contributed by atoms with van der Waals surface area (Å²) in [6, 6.07) is 10.0. The maximum Gasteiger partial charge on any atom is 0.330 e. The number of halogens is 3. The lowest BCUT2D eigenvalue weighted by Crippen LogP contribution is -2.65. The number of carboxylic acid groups (broad SMARTS) is 1. The minimum Gasteiger partial charge on any atom is -0.508 e. The van der Waals surface area contributed by atoms with Crippen LogP contribution in [0.4, 0.5) is 0 Å². The summed E-state index contributed by atoms with van der Waals surface area (Å²) in [5.41, 5.74) is 8.91. The molecular weight excluding hydrogens is 1720 g/mol. The van der Waals surface area contributed by atoms with Crippen molar-refractivity contribution >= 4 is 93.5 Å². The summed E-state index contributed by atoms with van der Waals surface area (Å²) in [6.07, 6.45) is -29.1. The van der Waals surface area contributed by atoms with Crippen LogP contribution in [0.5, 0.6) is 46.0 Å². The molecule has 0 saturated carbocycles. The standard InChI is InChI=1S/C83H93Cl3N10O28S/c1-31(2)18-45(89-5)74(109)95-62-64(102)35-9-15-49(43(85)20-35)118-51-22-37-23-52(71(51)123-82-69(107)67(105)72(54(30-97)121-82)124-81-68(106)66(104)65(103)53(120-81)29-90-28-40-13-17-55(125-40)33-6-11-38(84)12-7-33)119-50-16-10-36(21-44(50)86)70(122-57-27-83(4,88)73(108)32(3)117-57)63-79(114)94-61(80(115)116)42-24-39(98)25-48(100)58(42)41-19-34(8-14-47(41)99)59(76(111)96-63)93-77(112)60(37)92-75(110)46(26-56(87)101)91-78(62)113/h6-17,19-25,31-32,45-46,53-54,57,59-70,72-73,81-82,89-90,97-100,102-108H,18,26-30,88H2,1-5H3,(H2,87,101)(H,91,113)(H,92,110)(H,93,112)(H,94,114)(H,95,109)(H,96,111)(H,115,116)/t32-,45+,46-,53+,54+,57-,59+,60+,61+,62?,63-,64+,65-,66-,67+,68+,69+,70+,72+,73-,81-,82-,83-/m0/s1. The van der Waals surface area contributed by atoms with Crippen LogP contribution in [-0.2, 0) is 68.6 Å². The van der Waals surface area contributed by atoms with Gasteiger partial charge in [-0.05, 0) is 140 Å². The molecule has 42 heteroatoms. The van der Waals surface area contributed by atoms with Crippen molar-refractivity contribution in [2.24, 2.45) is 17.4 Å². The Balaban J connectivity index is 0.967. The first-order valence-electron chi connectivity index (χ1n) is 39.5. The fourth-order valence-corrected chi connectivity index (χ4v) is 17.1. The Morgan fingerprint density at radius 3 is 1.93 bits per heavy atom.